The number of likely N-dealkylation sites (tertiary alicyclic amines) is 1. The van der Waals surface area contributed by atoms with Crippen molar-refractivity contribution in [1.29, 1.82) is 0 Å². The first-order valence-corrected chi connectivity index (χ1v) is 17.0. The number of rotatable bonds is 9. The highest BCUT2D eigenvalue weighted by molar-refractivity contribution is 7.20. The lowest BCUT2D eigenvalue weighted by Crippen LogP contribution is -2.33. The molecule has 0 saturated carbocycles. The van der Waals surface area contributed by atoms with Crippen LogP contribution in [0.4, 0.5) is 0 Å². The third-order valence-corrected chi connectivity index (χ3v) is 10.3. The zero-order valence-electron chi connectivity index (χ0n) is 26.8. The minimum Gasteiger partial charge on any atom is -0.325 e. The van der Waals surface area contributed by atoms with Crippen LogP contribution < -0.4 is 5.46 Å². The fraction of sp³-hybridized carbons (Fsp3) is 0.417. The van der Waals surface area contributed by atoms with Gasteiger partial charge >= 0.3 is 0 Å². The summed E-state index contributed by atoms with van der Waals surface area (Å²) in [6, 6.07) is 15.9. The highest BCUT2D eigenvalue weighted by Gasteiger charge is 2.37. The van der Waals surface area contributed by atoms with Gasteiger partial charge in [0.25, 0.3) is 0 Å². The van der Waals surface area contributed by atoms with E-state index in [2.05, 4.69) is 107 Å². The smallest absolute Gasteiger partial charge is 0.162 e. The van der Waals surface area contributed by atoms with Crippen LogP contribution in [0.15, 0.2) is 48.7 Å². The summed E-state index contributed by atoms with van der Waals surface area (Å²) in [7, 11) is 7.08. The number of nitrogens with one attached hydrogen (secondary N) is 1. The molecule has 2 aromatic carbocycles. The fourth-order valence-corrected chi connectivity index (χ4v) is 7.68. The number of nitrogens with zero attached hydrogens (tertiary/aromatic N) is 4. The van der Waals surface area contributed by atoms with E-state index in [9.17, 15) is 0 Å². The van der Waals surface area contributed by atoms with Crippen molar-refractivity contribution in [3.63, 3.8) is 0 Å². The van der Waals surface area contributed by atoms with Gasteiger partial charge in [-0.15, -0.1) is 25.9 Å². The van der Waals surface area contributed by atoms with E-state index in [4.69, 9.17) is 11.4 Å². The van der Waals surface area contributed by atoms with Crippen LogP contribution in [0.25, 0.3) is 11.4 Å². The summed E-state index contributed by atoms with van der Waals surface area (Å²) in [6.45, 7) is 7.81. The monoisotopic (exact) mass is 599 g/mol. The molecule has 4 aromatic rings. The van der Waals surface area contributed by atoms with Crippen molar-refractivity contribution in [2.45, 2.75) is 82.2 Å². The number of terminal acetylenes is 1. The van der Waals surface area contributed by atoms with Gasteiger partial charge in [-0.25, -0.2) is 0 Å². The van der Waals surface area contributed by atoms with Crippen LogP contribution in [-0.2, 0) is 31.2 Å². The van der Waals surface area contributed by atoms with E-state index in [1.54, 1.807) is 11.1 Å². The van der Waals surface area contributed by atoms with Crippen molar-refractivity contribution in [2.75, 3.05) is 13.1 Å². The number of hydrogen-bond acceptors (Lipinski definition) is 4. The summed E-state index contributed by atoms with van der Waals surface area (Å²) in [5.74, 6) is 5.10. The first-order chi connectivity index (χ1) is 21.3. The van der Waals surface area contributed by atoms with Gasteiger partial charge in [-0.05, 0) is 97.5 Å². The maximum absolute atomic E-state index is 5.68. The number of benzene rings is 2. The van der Waals surface area contributed by atoms with E-state index in [0.29, 0.717) is 5.92 Å². The van der Waals surface area contributed by atoms with Gasteiger partial charge in [-0.3, -0.25) is 9.88 Å². The van der Waals surface area contributed by atoms with Crippen LogP contribution in [-0.4, -0.2) is 53.8 Å². The van der Waals surface area contributed by atoms with Gasteiger partial charge in [0.1, 0.15) is 21.5 Å². The molecule has 6 rings (SSSR count). The number of aryl methyl sites for hydroxylation is 1. The van der Waals surface area contributed by atoms with Gasteiger partial charge in [0, 0.05) is 34.8 Å². The third kappa shape index (κ3) is 6.30. The second-order valence-corrected chi connectivity index (χ2v) is 14.4. The Bertz CT molecular complexity index is 1680. The minimum absolute atomic E-state index is 0.115. The third-order valence-electron chi connectivity index (χ3n) is 9.97. The van der Waals surface area contributed by atoms with Crippen molar-refractivity contribution in [3.8, 4) is 23.7 Å². The summed E-state index contributed by atoms with van der Waals surface area (Å²) in [6.07, 6.45) is 15.6. The van der Waals surface area contributed by atoms with Crippen LogP contribution in [0.5, 0.6) is 0 Å². The normalized spacial score (nSPS) is 19.5. The van der Waals surface area contributed by atoms with Crippen molar-refractivity contribution < 1.29 is 0 Å². The molecule has 0 radical (unpaired) electrons. The lowest BCUT2D eigenvalue weighted by Gasteiger charge is -2.33. The summed E-state index contributed by atoms with van der Waals surface area (Å²) in [5.41, 5.74) is 12.4. The lowest BCUT2D eigenvalue weighted by atomic mass is 9.72. The Morgan fingerprint density at radius 2 is 1.98 bits per heavy atom. The van der Waals surface area contributed by atoms with Gasteiger partial charge in [0.2, 0.25) is 0 Å². The van der Waals surface area contributed by atoms with Gasteiger partial charge in [-0.1, -0.05) is 62.0 Å². The van der Waals surface area contributed by atoms with Crippen molar-refractivity contribution >= 4 is 30.4 Å². The number of pyridine rings is 1. The molecule has 1 saturated heterocycles. The predicted octanol–water partition coefficient (Wildman–Crippen LogP) is 4.39. The second-order valence-electron chi connectivity index (χ2n) is 13.4. The molecular formula is C36H44B2N5P. The zero-order valence-corrected chi connectivity index (χ0v) is 27.9. The molecule has 0 spiro atoms. The van der Waals surface area contributed by atoms with E-state index < -0.39 is 0 Å². The minimum atomic E-state index is 0.115. The molecule has 5 nitrogen and oxygen atoms in total. The maximum Gasteiger partial charge on any atom is 0.162 e. The van der Waals surface area contributed by atoms with E-state index >= 15 is 0 Å². The molecule has 0 amide bonds. The van der Waals surface area contributed by atoms with Crippen LogP contribution in [0, 0.1) is 12.3 Å². The van der Waals surface area contributed by atoms with Crippen molar-refractivity contribution in [2.24, 2.45) is 0 Å². The number of aromatic amines is 1. The molecule has 3 heterocycles. The molecule has 3 atom stereocenters. The maximum atomic E-state index is 5.68. The average molecular weight is 599 g/mol. The highest BCUT2D eigenvalue weighted by atomic mass is 31.0. The number of H-pyrrole nitrogens is 1. The molecule has 1 N–H and O–H groups in total. The topological polar surface area (TPSA) is 57.7 Å². The molecule has 1 aliphatic heterocycles. The van der Waals surface area contributed by atoms with Crippen molar-refractivity contribution in [3.05, 3.63) is 93.6 Å². The molecule has 8 heteroatoms. The zero-order chi connectivity index (χ0) is 30.8. The summed E-state index contributed by atoms with van der Waals surface area (Å²) >= 11 is 0. The van der Waals surface area contributed by atoms with Crippen LogP contribution in [0.2, 0.25) is 0 Å². The Morgan fingerprint density at radius 1 is 1.16 bits per heavy atom. The highest BCUT2D eigenvalue weighted by Crippen LogP contribution is 2.43. The Labute approximate surface area is 267 Å². The molecule has 1 fully saturated rings. The molecule has 2 unspecified atom stereocenters. The molecule has 2 aromatic heterocycles. The molecule has 224 valence electrons. The molecule has 0 bridgehead atoms. The number of fused-ring (bicyclic) bond motifs is 1. The van der Waals surface area contributed by atoms with Crippen molar-refractivity contribution in [1.82, 2.24) is 25.1 Å². The van der Waals surface area contributed by atoms with Gasteiger partial charge in [0.15, 0.2) is 5.82 Å². The molecule has 1 aliphatic carbocycles. The first kappa shape index (κ1) is 30.8. The van der Waals surface area contributed by atoms with Gasteiger partial charge in [0.05, 0.1) is 5.69 Å². The lowest BCUT2D eigenvalue weighted by molar-refractivity contribution is 0.201. The largest absolute Gasteiger partial charge is 0.325 e. The Morgan fingerprint density at radius 3 is 2.68 bits per heavy atom. The van der Waals surface area contributed by atoms with E-state index in [1.165, 1.54) is 47.1 Å². The van der Waals surface area contributed by atoms with E-state index in [0.717, 1.165) is 68.1 Å². The summed E-state index contributed by atoms with van der Waals surface area (Å²) < 4.78 is 0. The van der Waals surface area contributed by atoms with Crippen LogP contribution in [0.1, 0.15) is 95.9 Å². The summed E-state index contributed by atoms with van der Waals surface area (Å²) in [4.78, 5) is 11.0. The standard InChI is InChI=1S/C36H44B2N5P/c1-4-6-8-25-18-27(34-40-35(33(38)44)42-41-34)21-39-32(25)22-43-15-13-24(14-16-43)28-10-7-9-26-19-36(3,20-29(26)28)30-12-11-23(5-2)17-31(30)37/h2,7,9-12,17-18,21,24,33H,4,6,8,13-16,19-20,22,37-38,44H2,1,3H3,(H,40,41,42)/t33?,36-/m1/s1. The summed E-state index contributed by atoms with van der Waals surface area (Å²) in [5, 5.41) is 8.72. The number of hydrogen-bond donors (Lipinski definition) is 1. The average Bonchev–Trinajstić information content (AvgIpc) is 3.66. The number of piperidine rings is 1. The fourth-order valence-electron chi connectivity index (χ4n) is 7.53. The van der Waals surface area contributed by atoms with Gasteiger partial charge in [-0.2, -0.15) is 0 Å². The van der Waals surface area contributed by atoms with Crippen LogP contribution in [0.3, 0.4) is 0 Å². The molecule has 44 heavy (non-hydrogen) atoms. The Kier molecular flexibility index (Phi) is 9.13. The second kappa shape index (κ2) is 13.0. The number of aromatic nitrogens is 4. The number of unbranched alkanes of at least 4 members (excludes halogenated alkanes) is 1. The SMILES string of the molecule is Bc1cc(C#C)ccc1[C@]1(C)Cc2cccc(C3CCN(Cc4ncc(-c5nnc(C(B)P)[nH]5)cc4CCCC)CC3)c2C1. The Balaban J connectivity index is 1.14. The van der Waals surface area contributed by atoms with E-state index in [1.807, 2.05) is 6.20 Å². The quantitative estimate of drug-likeness (QED) is 0.176. The molecular weight excluding hydrogens is 555 g/mol. The Hall–Kier alpha value is -3.19. The van der Waals surface area contributed by atoms with Crippen LogP contribution >= 0.6 is 9.24 Å². The van der Waals surface area contributed by atoms with Gasteiger partial charge < -0.3 is 4.98 Å². The first-order valence-electron chi connectivity index (χ1n) is 16.3. The predicted molar refractivity (Wildman–Crippen MR) is 190 cm³/mol. The van der Waals surface area contributed by atoms with E-state index in [-0.39, 0.29) is 11.0 Å². The molecule has 2 aliphatic rings.